The Balaban J connectivity index is 1.78. The second-order valence-electron chi connectivity index (χ2n) is 4.46. The fourth-order valence-corrected chi connectivity index (χ4v) is 2.11. The summed E-state index contributed by atoms with van der Waals surface area (Å²) in [4.78, 5) is 15.1. The number of ether oxygens (including phenoxy) is 1. The van der Waals surface area contributed by atoms with Gasteiger partial charge in [-0.3, -0.25) is 4.79 Å². The molecular formula is C14H13NO2. The van der Waals surface area contributed by atoms with Gasteiger partial charge in [-0.2, -0.15) is 0 Å². The number of Topliss-reactive ketones (excluding diaryl/α,β-unsaturated/α-hetero) is 1. The van der Waals surface area contributed by atoms with E-state index in [1.54, 1.807) is 6.20 Å². The molecule has 0 saturated heterocycles. The van der Waals surface area contributed by atoms with Gasteiger partial charge in [0.2, 0.25) is 5.88 Å². The largest absolute Gasteiger partial charge is 0.477 e. The molecule has 86 valence electrons. The number of benzene rings is 1. The van der Waals surface area contributed by atoms with E-state index in [0.29, 0.717) is 37.0 Å². The first-order valence-electron chi connectivity index (χ1n) is 5.81. The minimum Gasteiger partial charge on any atom is -0.477 e. The zero-order chi connectivity index (χ0) is 11.7. The lowest BCUT2D eigenvalue weighted by Gasteiger charge is -2.23. The lowest BCUT2D eigenvalue weighted by Crippen LogP contribution is -2.28. The Kier molecular flexibility index (Phi) is 2.52. The molecular weight excluding hydrogens is 214 g/mol. The summed E-state index contributed by atoms with van der Waals surface area (Å²) in [6, 6.07) is 9.98. The first-order valence-corrected chi connectivity index (χ1v) is 5.81. The number of hydrogen-bond acceptors (Lipinski definition) is 3. The van der Waals surface area contributed by atoms with E-state index in [2.05, 4.69) is 4.98 Å². The van der Waals surface area contributed by atoms with E-state index >= 15 is 0 Å². The monoisotopic (exact) mass is 227 g/mol. The second kappa shape index (κ2) is 4.17. The fraction of sp³-hybridized carbons (Fsp3) is 0.286. The van der Waals surface area contributed by atoms with Gasteiger partial charge in [0.1, 0.15) is 5.78 Å². The SMILES string of the molecule is O=C1CC(COc2nccc3ccccc23)C1. The average Bonchev–Trinajstić information content (AvgIpc) is 2.33. The summed E-state index contributed by atoms with van der Waals surface area (Å²) >= 11 is 0. The minimum absolute atomic E-state index is 0.337. The molecule has 3 nitrogen and oxygen atoms in total. The molecule has 3 rings (SSSR count). The Morgan fingerprint density at radius 3 is 2.88 bits per heavy atom. The highest BCUT2D eigenvalue weighted by Gasteiger charge is 2.27. The predicted molar refractivity (Wildman–Crippen MR) is 65.0 cm³/mol. The van der Waals surface area contributed by atoms with Gasteiger partial charge in [-0.1, -0.05) is 18.2 Å². The van der Waals surface area contributed by atoms with Crippen LogP contribution in [-0.4, -0.2) is 17.4 Å². The molecule has 1 fully saturated rings. The smallest absolute Gasteiger partial charge is 0.221 e. The summed E-state index contributed by atoms with van der Waals surface area (Å²) in [5.41, 5.74) is 0. The topological polar surface area (TPSA) is 39.2 Å². The molecule has 1 heterocycles. The number of pyridine rings is 1. The molecule has 0 atom stereocenters. The van der Waals surface area contributed by atoms with Crippen LogP contribution in [0.25, 0.3) is 10.8 Å². The number of aromatic nitrogens is 1. The molecule has 0 spiro atoms. The van der Waals surface area contributed by atoms with Gasteiger partial charge in [-0.05, 0) is 17.5 Å². The van der Waals surface area contributed by atoms with Crippen LogP contribution >= 0.6 is 0 Å². The zero-order valence-electron chi connectivity index (χ0n) is 9.43. The van der Waals surface area contributed by atoms with Gasteiger partial charge in [-0.25, -0.2) is 4.98 Å². The van der Waals surface area contributed by atoms with Crippen LogP contribution in [0, 0.1) is 5.92 Å². The number of rotatable bonds is 3. The number of nitrogens with zero attached hydrogens (tertiary/aromatic N) is 1. The van der Waals surface area contributed by atoms with Crippen molar-refractivity contribution in [2.75, 3.05) is 6.61 Å². The maximum Gasteiger partial charge on any atom is 0.221 e. The molecule has 1 aromatic heterocycles. The molecule has 1 aliphatic rings. The summed E-state index contributed by atoms with van der Waals surface area (Å²) in [6.07, 6.45) is 3.07. The number of carbonyl (C=O) groups excluding carboxylic acids is 1. The van der Waals surface area contributed by atoms with Crippen molar-refractivity contribution in [3.8, 4) is 5.88 Å². The standard InChI is InChI=1S/C14H13NO2/c16-12-7-10(8-12)9-17-14-13-4-2-1-3-11(13)5-6-15-14/h1-6,10H,7-9H2. The third-order valence-corrected chi connectivity index (χ3v) is 3.13. The number of carbonyl (C=O) groups is 1. The Hall–Kier alpha value is -1.90. The Morgan fingerprint density at radius 2 is 2.06 bits per heavy atom. The maximum absolute atomic E-state index is 10.9. The van der Waals surface area contributed by atoms with E-state index < -0.39 is 0 Å². The van der Waals surface area contributed by atoms with Crippen molar-refractivity contribution in [2.24, 2.45) is 5.92 Å². The zero-order valence-corrected chi connectivity index (χ0v) is 9.43. The van der Waals surface area contributed by atoms with Crippen LogP contribution in [0.5, 0.6) is 5.88 Å². The Labute approximate surface area is 99.4 Å². The summed E-state index contributed by atoms with van der Waals surface area (Å²) < 4.78 is 5.71. The van der Waals surface area contributed by atoms with Gasteiger partial charge in [0.05, 0.1) is 6.61 Å². The molecule has 17 heavy (non-hydrogen) atoms. The van der Waals surface area contributed by atoms with Crippen LogP contribution in [0.3, 0.4) is 0 Å². The van der Waals surface area contributed by atoms with E-state index in [0.717, 1.165) is 10.8 Å². The first kappa shape index (κ1) is 10.3. The van der Waals surface area contributed by atoms with E-state index in [9.17, 15) is 4.79 Å². The normalized spacial score (nSPS) is 15.9. The number of fused-ring (bicyclic) bond motifs is 1. The maximum atomic E-state index is 10.9. The van der Waals surface area contributed by atoms with Crippen LogP contribution < -0.4 is 4.74 Å². The molecule has 0 radical (unpaired) electrons. The second-order valence-corrected chi connectivity index (χ2v) is 4.46. The summed E-state index contributed by atoms with van der Waals surface area (Å²) in [5.74, 6) is 1.38. The van der Waals surface area contributed by atoms with E-state index in [-0.39, 0.29) is 0 Å². The highest BCUT2D eigenvalue weighted by molar-refractivity contribution is 5.86. The molecule has 0 bridgehead atoms. The van der Waals surface area contributed by atoms with E-state index in [1.165, 1.54) is 0 Å². The summed E-state index contributed by atoms with van der Waals surface area (Å²) in [6.45, 7) is 0.590. The lowest BCUT2D eigenvalue weighted by molar-refractivity contribution is -0.127. The molecule has 1 aliphatic carbocycles. The Bertz CT molecular complexity index is 552. The van der Waals surface area contributed by atoms with E-state index in [4.69, 9.17) is 4.74 Å². The van der Waals surface area contributed by atoms with Crippen molar-refractivity contribution in [2.45, 2.75) is 12.8 Å². The highest BCUT2D eigenvalue weighted by Crippen LogP contribution is 2.26. The molecule has 0 N–H and O–H groups in total. The van der Waals surface area contributed by atoms with Gasteiger partial charge in [0, 0.05) is 30.3 Å². The molecule has 3 heteroatoms. The van der Waals surface area contributed by atoms with Crippen molar-refractivity contribution in [1.29, 1.82) is 0 Å². The third-order valence-electron chi connectivity index (χ3n) is 3.13. The van der Waals surface area contributed by atoms with Crippen molar-refractivity contribution >= 4 is 16.6 Å². The number of ketones is 1. The molecule has 1 saturated carbocycles. The first-order chi connectivity index (χ1) is 8.33. The van der Waals surface area contributed by atoms with E-state index in [1.807, 2.05) is 30.3 Å². The van der Waals surface area contributed by atoms with Crippen molar-refractivity contribution < 1.29 is 9.53 Å². The van der Waals surface area contributed by atoms with Gasteiger partial charge >= 0.3 is 0 Å². The molecule has 0 amide bonds. The average molecular weight is 227 g/mol. The summed E-state index contributed by atoms with van der Waals surface area (Å²) in [5, 5.41) is 2.16. The van der Waals surface area contributed by atoms with Gasteiger partial charge in [0.25, 0.3) is 0 Å². The molecule has 2 aromatic rings. The third kappa shape index (κ3) is 2.00. The fourth-order valence-electron chi connectivity index (χ4n) is 2.11. The van der Waals surface area contributed by atoms with Gasteiger partial charge < -0.3 is 4.74 Å². The van der Waals surface area contributed by atoms with Crippen LogP contribution in [0.4, 0.5) is 0 Å². The van der Waals surface area contributed by atoms with Crippen molar-refractivity contribution in [1.82, 2.24) is 4.98 Å². The van der Waals surface area contributed by atoms with Gasteiger partial charge in [-0.15, -0.1) is 0 Å². The summed E-state index contributed by atoms with van der Waals surface area (Å²) in [7, 11) is 0. The molecule has 0 aliphatic heterocycles. The van der Waals surface area contributed by atoms with Gasteiger partial charge in [0.15, 0.2) is 0 Å². The molecule has 0 unspecified atom stereocenters. The van der Waals surface area contributed by atoms with Crippen LogP contribution in [0.1, 0.15) is 12.8 Å². The van der Waals surface area contributed by atoms with Crippen molar-refractivity contribution in [3.63, 3.8) is 0 Å². The Morgan fingerprint density at radius 1 is 1.24 bits per heavy atom. The lowest BCUT2D eigenvalue weighted by atomic mass is 9.85. The minimum atomic E-state index is 0.337. The molecule has 1 aromatic carbocycles. The van der Waals surface area contributed by atoms with Crippen LogP contribution in [-0.2, 0) is 4.79 Å². The number of hydrogen-bond donors (Lipinski definition) is 0. The quantitative estimate of drug-likeness (QED) is 0.809. The predicted octanol–water partition coefficient (Wildman–Crippen LogP) is 2.59. The van der Waals surface area contributed by atoms with Crippen LogP contribution in [0.15, 0.2) is 36.5 Å². The van der Waals surface area contributed by atoms with Crippen LogP contribution in [0.2, 0.25) is 0 Å². The van der Waals surface area contributed by atoms with Crippen molar-refractivity contribution in [3.05, 3.63) is 36.5 Å². The highest BCUT2D eigenvalue weighted by atomic mass is 16.5.